The van der Waals surface area contributed by atoms with Crippen LogP contribution in [0.15, 0.2) is 41.3 Å². The molecule has 0 aliphatic heterocycles. The number of methoxy groups -OCH3 is 4. The van der Waals surface area contributed by atoms with E-state index in [0.29, 0.717) is 28.7 Å². The van der Waals surface area contributed by atoms with Crippen molar-refractivity contribution in [2.75, 3.05) is 33.2 Å². The fourth-order valence-corrected chi connectivity index (χ4v) is 3.16. The first-order valence-electron chi connectivity index (χ1n) is 6.92. The Labute approximate surface area is 141 Å². The maximum atomic E-state index is 12.6. The summed E-state index contributed by atoms with van der Waals surface area (Å²) in [5.41, 5.74) is 0.299. The zero-order chi connectivity index (χ0) is 17.7. The molecular formula is C16H19NO6S. The van der Waals surface area contributed by atoms with Crippen molar-refractivity contribution in [3.8, 4) is 23.0 Å². The number of ether oxygens (including phenoxy) is 4. The molecular weight excluding hydrogens is 334 g/mol. The maximum absolute atomic E-state index is 12.6. The third-order valence-electron chi connectivity index (χ3n) is 3.32. The lowest BCUT2D eigenvalue weighted by Gasteiger charge is -2.14. The fraction of sp³-hybridized carbons (Fsp3) is 0.250. The second-order valence-corrected chi connectivity index (χ2v) is 6.37. The van der Waals surface area contributed by atoms with Crippen LogP contribution in [0.5, 0.6) is 23.0 Å². The van der Waals surface area contributed by atoms with Crippen molar-refractivity contribution >= 4 is 15.7 Å². The molecule has 0 saturated heterocycles. The van der Waals surface area contributed by atoms with Crippen molar-refractivity contribution in [1.82, 2.24) is 0 Å². The summed E-state index contributed by atoms with van der Waals surface area (Å²) in [6.07, 6.45) is 0. The van der Waals surface area contributed by atoms with Crippen LogP contribution in [0.3, 0.4) is 0 Å². The van der Waals surface area contributed by atoms with Crippen LogP contribution in [0.1, 0.15) is 0 Å². The highest BCUT2D eigenvalue weighted by molar-refractivity contribution is 7.92. The maximum Gasteiger partial charge on any atom is 0.262 e. The summed E-state index contributed by atoms with van der Waals surface area (Å²) >= 11 is 0. The summed E-state index contributed by atoms with van der Waals surface area (Å²) < 4.78 is 48.2. The molecule has 0 atom stereocenters. The van der Waals surface area contributed by atoms with Gasteiger partial charge in [0.1, 0.15) is 11.5 Å². The van der Waals surface area contributed by atoms with Gasteiger partial charge in [-0.2, -0.15) is 0 Å². The van der Waals surface area contributed by atoms with Crippen LogP contribution < -0.4 is 23.7 Å². The van der Waals surface area contributed by atoms with Gasteiger partial charge < -0.3 is 18.9 Å². The fourth-order valence-electron chi connectivity index (χ4n) is 2.07. The van der Waals surface area contributed by atoms with Crippen molar-refractivity contribution < 1.29 is 27.4 Å². The predicted molar refractivity (Wildman–Crippen MR) is 89.9 cm³/mol. The van der Waals surface area contributed by atoms with E-state index in [1.165, 1.54) is 46.6 Å². The molecule has 8 heteroatoms. The molecule has 0 unspecified atom stereocenters. The van der Waals surface area contributed by atoms with Gasteiger partial charge in [-0.25, -0.2) is 8.42 Å². The number of benzene rings is 2. The standard InChI is InChI=1S/C16H19NO6S/c1-20-11-5-7-13(15(9-11)22-3)17-24(18,19)12-6-8-14(21-2)16(10-12)23-4/h5-10,17H,1-4H3. The third kappa shape index (κ3) is 3.65. The van der Waals surface area contributed by atoms with Crippen molar-refractivity contribution in [2.45, 2.75) is 4.90 Å². The van der Waals surface area contributed by atoms with Gasteiger partial charge in [-0.15, -0.1) is 0 Å². The molecule has 0 amide bonds. The van der Waals surface area contributed by atoms with E-state index < -0.39 is 10.0 Å². The summed E-state index contributed by atoms with van der Waals surface area (Å²) in [6, 6.07) is 9.13. The highest BCUT2D eigenvalue weighted by atomic mass is 32.2. The lowest BCUT2D eigenvalue weighted by Crippen LogP contribution is -2.14. The molecule has 0 radical (unpaired) electrons. The molecule has 130 valence electrons. The Balaban J connectivity index is 2.38. The van der Waals surface area contributed by atoms with E-state index in [4.69, 9.17) is 18.9 Å². The first-order valence-corrected chi connectivity index (χ1v) is 8.40. The summed E-state index contributed by atoms with van der Waals surface area (Å²) in [7, 11) is 2.05. The summed E-state index contributed by atoms with van der Waals surface area (Å²) in [6.45, 7) is 0. The molecule has 2 rings (SSSR count). The second kappa shape index (κ2) is 7.31. The number of hydrogen-bond donors (Lipinski definition) is 1. The van der Waals surface area contributed by atoms with Crippen molar-refractivity contribution in [2.24, 2.45) is 0 Å². The molecule has 2 aromatic carbocycles. The zero-order valence-electron chi connectivity index (χ0n) is 13.8. The Bertz CT molecular complexity index is 819. The number of rotatable bonds is 7. The van der Waals surface area contributed by atoms with Crippen LogP contribution >= 0.6 is 0 Å². The number of sulfonamides is 1. The van der Waals surface area contributed by atoms with E-state index in [0.717, 1.165) is 0 Å². The second-order valence-electron chi connectivity index (χ2n) is 4.69. The zero-order valence-corrected chi connectivity index (χ0v) is 14.6. The Hall–Kier alpha value is -2.61. The minimum absolute atomic E-state index is 0.0398. The van der Waals surface area contributed by atoms with E-state index in [1.807, 2.05) is 0 Å². The Morgan fingerprint density at radius 2 is 1.42 bits per heavy atom. The van der Waals surface area contributed by atoms with Gasteiger partial charge in [-0.1, -0.05) is 0 Å². The third-order valence-corrected chi connectivity index (χ3v) is 4.68. The van der Waals surface area contributed by atoms with Crippen LogP contribution in [0, 0.1) is 0 Å². The quantitative estimate of drug-likeness (QED) is 0.823. The SMILES string of the molecule is COc1ccc(NS(=O)(=O)c2ccc(OC)c(OC)c2)c(OC)c1. The van der Waals surface area contributed by atoms with E-state index in [2.05, 4.69) is 4.72 Å². The smallest absolute Gasteiger partial charge is 0.262 e. The Morgan fingerprint density at radius 1 is 0.750 bits per heavy atom. The van der Waals surface area contributed by atoms with Crippen LogP contribution in [-0.2, 0) is 10.0 Å². The molecule has 2 aromatic rings. The first-order chi connectivity index (χ1) is 11.4. The Kier molecular flexibility index (Phi) is 5.40. The first kappa shape index (κ1) is 17.7. The van der Waals surface area contributed by atoms with E-state index in [1.54, 1.807) is 18.2 Å². The predicted octanol–water partition coefficient (Wildman–Crippen LogP) is 2.52. The van der Waals surface area contributed by atoms with Crippen molar-refractivity contribution in [1.29, 1.82) is 0 Å². The molecule has 0 heterocycles. The monoisotopic (exact) mass is 353 g/mol. The van der Waals surface area contributed by atoms with Crippen LogP contribution in [0.2, 0.25) is 0 Å². The average Bonchev–Trinajstić information content (AvgIpc) is 2.61. The molecule has 0 fully saturated rings. The topological polar surface area (TPSA) is 83.1 Å². The molecule has 1 N–H and O–H groups in total. The van der Waals surface area contributed by atoms with Gasteiger partial charge in [0, 0.05) is 12.1 Å². The lowest BCUT2D eigenvalue weighted by atomic mass is 10.3. The number of hydrogen-bond acceptors (Lipinski definition) is 6. The molecule has 7 nitrogen and oxygen atoms in total. The normalized spacial score (nSPS) is 10.8. The number of nitrogens with one attached hydrogen (secondary N) is 1. The summed E-state index contributed by atoms with van der Waals surface area (Å²) in [5, 5.41) is 0. The van der Waals surface area contributed by atoms with Gasteiger partial charge >= 0.3 is 0 Å². The van der Waals surface area contributed by atoms with Crippen LogP contribution in [-0.4, -0.2) is 36.9 Å². The Morgan fingerprint density at radius 3 is 2.00 bits per heavy atom. The van der Waals surface area contributed by atoms with Gasteiger partial charge in [0.15, 0.2) is 11.5 Å². The molecule has 0 bridgehead atoms. The lowest BCUT2D eigenvalue weighted by molar-refractivity contribution is 0.354. The summed E-state index contributed by atoms with van der Waals surface area (Å²) in [5.74, 6) is 1.67. The minimum Gasteiger partial charge on any atom is -0.497 e. The molecule has 0 spiro atoms. The van der Waals surface area contributed by atoms with Gasteiger partial charge in [0.25, 0.3) is 10.0 Å². The minimum atomic E-state index is -3.83. The van der Waals surface area contributed by atoms with Crippen LogP contribution in [0.4, 0.5) is 5.69 Å². The molecule has 0 aliphatic rings. The van der Waals surface area contributed by atoms with E-state index in [9.17, 15) is 8.42 Å². The highest BCUT2D eigenvalue weighted by Gasteiger charge is 2.19. The summed E-state index contributed by atoms with van der Waals surface area (Å²) in [4.78, 5) is 0.0398. The molecule has 0 saturated carbocycles. The van der Waals surface area contributed by atoms with Gasteiger partial charge in [0.05, 0.1) is 39.0 Å². The molecule has 0 aromatic heterocycles. The molecule has 0 aliphatic carbocycles. The van der Waals surface area contributed by atoms with Crippen molar-refractivity contribution in [3.05, 3.63) is 36.4 Å². The van der Waals surface area contributed by atoms with E-state index >= 15 is 0 Å². The van der Waals surface area contributed by atoms with Gasteiger partial charge in [-0.05, 0) is 24.3 Å². The highest BCUT2D eigenvalue weighted by Crippen LogP contribution is 2.33. The van der Waals surface area contributed by atoms with E-state index in [-0.39, 0.29) is 4.90 Å². The van der Waals surface area contributed by atoms with Gasteiger partial charge in [0.2, 0.25) is 0 Å². The van der Waals surface area contributed by atoms with Gasteiger partial charge in [-0.3, -0.25) is 4.72 Å². The number of anilines is 1. The average molecular weight is 353 g/mol. The molecule has 24 heavy (non-hydrogen) atoms. The van der Waals surface area contributed by atoms with Crippen molar-refractivity contribution in [3.63, 3.8) is 0 Å². The van der Waals surface area contributed by atoms with Crippen LogP contribution in [0.25, 0.3) is 0 Å². The largest absolute Gasteiger partial charge is 0.497 e.